The summed E-state index contributed by atoms with van der Waals surface area (Å²) in [5, 5.41) is 2.96. The minimum Gasteiger partial charge on any atom is -0.480 e. The van der Waals surface area contributed by atoms with E-state index in [9.17, 15) is 4.79 Å². The summed E-state index contributed by atoms with van der Waals surface area (Å²) in [7, 11) is 0. The molecule has 0 bridgehead atoms. The minimum atomic E-state index is -0.470. The Bertz CT molecular complexity index is 662. The largest absolute Gasteiger partial charge is 0.480 e. The molecule has 1 unspecified atom stereocenters. The fourth-order valence-corrected chi connectivity index (χ4v) is 2.74. The molecule has 1 aromatic carbocycles. The van der Waals surface area contributed by atoms with Crippen LogP contribution in [0.3, 0.4) is 0 Å². The molecule has 3 rings (SSSR count). The number of hydrogen-bond acceptors (Lipinski definition) is 3. The Hall–Kier alpha value is -2.36. The highest BCUT2D eigenvalue weighted by Gasteiger charge is 2.29. The predicted octanol–water partition coefficient (Wildman–Crippen LogP) is 2.95. The second-order valence-corrected chi connectivity index (χ2v) is 5.45. The number of fused-ring (bicyclic) bond motifs is 1. The van der Waals surface area contributed by atoms with Gasteiger partial charge in [0.25, 0.3) is 5.91 Å². The molecule has 108 valence electrons. The normalized spacial score (nSPS) is 16.2. The summed E-state index contributed by atoms with van der Waals surface area (Å²) in [6, 6.07) is 9.73. The monoisotopic (exact) mass is 282 g/mol. The number of rotatable bonds is 2. The fraction of sp³-hybridized carbons (Fsp3) is 0.294. The first-order valence-electron chi connectivity index (χ1n) is 7.05. The highest BCUT2D eigenvalue weighted by molar-refractivity contribution is 5.96. The van der Waals surface area contributed by atoms with Gasteiger partial charge in [0.05, 0.1) is 11.4 Å². The maximum absolute atomic E-state index is 12.4. The number of nitrogens with zero attached hydrogens (tertiary/aromatic N) is 1. The van der Waals surface area contributed by atoms with Gasteiger partial charge in [0.2, 0.25) is 0 Å². The number of para-hydroxylation sites is 1. The maximum Gasteiger partial charge on any atom is 0.265 e. The van der Waals surface area contributed by atoms with E-state index in [2.05, 4.69) is 10.3 Å². The molecule has 4 nitrogen and oxygen atoms in total. The van der Waals surface area contributed by atoms with Crippen molar-refractivity contribution in [3.63, 3.8) is 0 Å². The molecule has 2 heterocycles. The van der Waals surface area contributed by atoms with Gasteiger partial charge in [-0.15, -0.1) is 0 Å². The van der Waals surface area contributed by atoms with Crippen LogP contribution >= 0.6 is 0 Å². The molecular formula is C17H18N2O2. The topological polar surface area (TPSA) is 51.2 Å². The second-order valence-electron chi connectivity index (χ2n) is 5.45. The van der Waals surface area contributed by atoms with E-state index in [4.69, 9.17) is 4.74 Å². The van der Waals surface area contributed by atoms with Crippen LogP contribution in [0.15, 0.2) is 30.3 Å². The van der Waals surface area contributed by atoms with Crippen LogP contribution in [0.1, 0.15) is 22.5 Å². The van der Waals surface area contributed by atoms with E-state index >= 15 is 0 Å². The molecule has 0 aliphatic carbocycles. The molecule has 2 aromatic rings. The molecule has 1 aliphatic rings. The first-order chi connectivity index (χ1) is 10.0. The van der Waals surface area contributed by atoms with Crippen LogP contribution in [0, 0.1) is 20.8 Å². The minimum absolute atomic E-state index is 0.122. The number of ether oxygens (including phenoxy) is 1. The summed E-state index contributed by atoms with van der Waals surface area (Å²) in [6.45, 7) is 5.82. The smallest absolute Gasteiger partial charge is 0.265 e. The van der Waals surface area contributed by atoms with E-state index in [1.54, 1.807) is 0 Å². The molecule has 1 atom stereocenters. The number of anilines is 1. The summed E-state index contributed by atoms with van der Waals surface area (Å²) in [5.74, 6) is 0.677. The standard InChI is InChI=1S/C17H18N2O2/c1-10-8-11(2)18-12(3)16(10)19-17(20)15-9-13-6-4-5-7-14(13)21-15/h4-8,15H,9H2,1-3H3,(H,19,20). The van der Waals surface area contributed by atoms with Gasteiger partial charge in [0, 0.05) is 12.1 Å². The zero-order valence-corrected chi connectivity index (χ0v) is 12.4. The van der Waals surface area contributed by atoms with Crippen molar-refractivity contribution in [3.8, 4) is 5.75 Å². The predicted molar refractivity (Wildman–Crippen MR) is 81.6 cm³/mol. The number of aromatic nitrogens is 1. The molecule has 21 heavy (non-hydrogen) atoms. The number of pyridine rings is 1. The maximum atomic E-state index is 12.4. The van der Waals surface area contributed by atoms with E-state index < -0.39 is 6.10 Å². The number of nitrogens with one attached hydrogen (secondary N) is 1. The van der Waals surface area contributed by atoms with Crippen LogP contribution < -0.4 is 10.1 Å². The summed E-state index contributed by atoms with van der Waals surface area (Å²) in [4.78, 5) is 16.8. The van der Waals surface area contributed by atoms with Gasteiger partial charge in [-0.3, -0.25) is 9.78 Å². The molecule has 0 radical (unpaired) electrons. The molecule has 1 aromatic heterocycles. The first-order valence-corrected chi connectivity index (χ1v) is 7.05. The molecule has 1 aliphatic heterocycles. The lowest BCUT2D eigenvalue weighted by Crippen LogP contribution is -2.32. The molecule has 0 saturated carbocycles. The van der Waals surface area contributed by atoms with E-state index in [0.29, 0.717) is 6.42 Å². The van der Waals surface area contributed by atoms with Crippen molar-refractivity contribution in [1.29, 1.82) is 0 Å². The van der Waals surface area contributed by atoms with Gasteiger partial charge in [0.15, 0.2) is 6.10 Å². The summed E-state index contributed by atoms with van der Waals surface area (Å²) < 4.78 is 5.71. The fourth-order valence-electron chi connectivity index (χ4n) is 2.74. The van der Waals surface area contributed by atoms with Gasteiger partial charge < -0.3 is 10.1 Å². The van der Waals surface area contributed by atoms with Gasteiger partial charge in [-0.2, -0.15) is 0 Å². The van der Waals surface area contributed by atoms with Crippen LogP contribution in [-0.4, -0.2) is 17.0 Å². The summed E-state index contributed by atoms with van der Waals surface area (Å²) >= 11 is 0. The van der Waals surface area contributed by atoms with Crippen molar-refractivity contribution < 1.29 is 9.53 Å². The lowest BCUT2D eigenvalue weighted by Gasteiger charge is -2.15. The molecule has 1 amide bonds. The Morgan fingerprint density at radius 1 is 1.29 bits per heavy atom. The number of carbonyl (C=O) groups is 1. The Balaban J connectivity index is 1.77. The van der Waals surface area contributed by atoms with E-state index in [0.717, 1.165) is 34.0 Å². The number of amides is 1. The van der Waals surface area contributed by atoms with Crippen LogP contribution in [0.4, 0.5) is 5.69 Å². The SMILES string of the molecule is Cc1cc(C)c(NC(=O)C2Cc3ccccc3O2)c(C)n1. The molecular weight excluding hydrogens is 264 g/mol. The van der Waals surface area contributed by atoms with Gasteiger partial charge in [-0.05, 0) is 44.0 Å². The Kier molecular flexibility index (Phi) is 3.37. The van der Waals surface area contributed by atoms with Crippen molar-refractivity contribution in [2.75, 3.05) is 5.32 Å². The van der Waals surface area contributed by atoms with Crippen LogP contribution in [0.5, 0.6) is 5.75 Å². The van der Waals surface area contributed by atoms with Crippen LogP contribution in [0.2, 0.25) is 0 Å². The lowest BCUT2D eigenvalue weighted by atomic mass is 10.1. The summed E-state index contributed by atoms with van der Waals surface area (Å²) in [5.41, 5.74) is 4.66. The quantitative estimate of drug-likeness (QED) is 0.921. The Labute approximate surface area is 124 Å². The Morgan fingerprint density at radius 3 is 2.76 bits per heavy atom. The third kappa shape index (κ3) is 2.61. The second kappa shape index (κ2) is 5.20. The van der Waals surface area contributed by atoms with E-state index in [1.165, 1.54) is 0 Å². The van der Waals surface area contributed by atoms with E-state index in [1.807, 2.05) is 51.1 Å². The Morgan fingerprint density at radius 2 is 2.05 bits per heavy atom. The lowest BCUT2D eigenvalue weighted by molar-refractivity contribution is -0.122. The van der Waals surface area contributed by atoms with Crippen molar-refractivity contribution in [1.82, 2.24) is 4.98 Å². The highest BCUT2D eigenvalue weighted by Crippen LogP contribution is 2.29. The van der Waals surface area contributed by atoms with Crippen molar-refractivity contribution in [2.24, 2.45) is 0 Å². The van der Waals surface area contributed by atoms with Crippen molar-refractivity contribution >= 4 is 11.6 Å². The average molecular weight is 282 g/mol. The van der Waals surface area contributed by atoms with Gasteiger partial charge in [-0.25, -0.2) is 0 Å². The molecule has 0 spiro atoms. The third-order valence-corrected chi connectivity index (χ3v) is 3.71. The zero-order valence-electron chi connectivity index (χ0n) is 12.4. The molecule has 1 N–H and O–H groups in total. The number of benzene rings is 1. The van der Waals surface area contributed by atoms with Crippen molar-refractivity contribution in [2.45, 2.75) is 33.3 Å². The van der Waals surface area contributed by atoms with Crippen LogP contribution in [0.25, 0.3) is 0 Å². The van der Waals surface area contributed by atoms with Gasteiger partial charge in [-0.1, -0.05) is 18.2 Å². The summed E-state index contributed by atoms with van der Waals surface area (Å²) in [6.07, 6.45) is 0.141. The van der Waals surface area contributed by atoms with Crippen LogP contribution in [-0.2, 0) is 11.2 Å². The van der Waals surface area contributed by atoms with Gasteiger partial charge >= 0.3 is 0 Å². The van der Waals surface area contributed by atoms with Gasteiger partial charge in [0.1, 0.15) is 5.75 Å². The van der Waals surface area contributed by atoms with E-state index in [-0.39, 0.29) is 5.91 Å². The molecule has 4 heteroatoms. The van der Waals surface area contributed by atoms with Crippen molar-refractivity contribution in [3.05, 3.63) is 52.8 Å². The zero-order chi connectivity index (χ0) is 15.0. The highest BCUT2D eigenvalue weighted by atomic mass is 16.5. The molecule has 0 fully saturated rings. The average Bonchev–Trinajstić information content (AvgIpc) is 2.86. The molecule has 0 saturated heterocycles. The first kappa shape index (κ1) is 13.6. The number of aryl methyl sites for hydroxylation is 3. The number of carbonyl (C=O) groups excluding carboxylic acids is 1. The number of hydrogen-bond donors (Lipinski definition) is 1. The third-order valence-electron chi connectivity index (χ3n) is 3.71.